The second-order valence-electron chi connectivity index (χ2n) is 6.56. The van der Waals surface area contributed by atoms with Crippen LogP contribution in [0.5, 0.6) is 5.75 Å². The van der Waals surface area contributed by atoms with E-state index >= 15 is 0 Å². The van der Waals surface area contributed by atoms with Gasteiger partial charge in [-0.2, -0.15) is 5.10 Å². The Morgan fingerprint density at radius 3 is 2.43 bits per heavy atom. The molecule has 1 amide bonds. The van der Waals surface area contributed by atoms with Crippen LogP contribution in [-0.2, 0) is 0 Å². The van der Waals surface area contributed by atoms with Crippen LogP contribution >= 0.6 is 15.9 Å². The normalized spacial score (nSPS) is 10.6. The number of anilines is 1. The first-order valence-corrected chi connectivity index (χ1v) is 10.4. The lowest BCUT2D eigenvalue weighted by Crippen LogP contribution is -2.13. The fourth-order valence-electron chi connectivity index (χ4n) is 3.11. The van der Waals surface area contributed by atoms with Crippen molar-refractivity contribution in [1.29, 1.82) is 0 Å². The first-order valence-electron chi connectivity index (χ1n) is 9.60. The van der Waals surface area contributed by atoms with Gasteiger partial charge in [0.15, 0.2) is 0 Å². The maximum Gasteiger partial charge on any atom is 0.259 e. The summed E-state index contributed by atoms with van der Waals surface area (Å²) in [4.78, 5) is 13.2. The summed E-state index contributed by atoms with van der Waals surface area (Å²) in [5.74, 6) is 0.385. The van der Waals surface area contributed by atoms with E-state index in [1.807, 2.05) is 85.8 Å². The SMILES string of the molecule is CCOc1ccccc1NC(=O)c1cn(-c2ccccc2)nc1-c1ccc(Br)cc1. The first kappa shape index (κ1) is 19.9. The smallest absolute Gasteiger partial charge is 0.259 e. The van der Waals surface area contributed by atoms with E-state index in [4.69, 9.17) is 9.84 Å². The number of hydrogen-bond donors (Lipinski definition) is 1. The number of nitrogens with zero attached hydrogens (tertiary/aromatic N) is 2. The van der Waals surface area contributed by atoms with Crippen LogP contribution < -0.4 is 10.1 Å². The minimum atomic E-state index is -0.248. The molecule has 3 aromatic carbocycles. The number of rotatable bonds is 6. The van der Waals surface area contributed by atoms with Gasteiger partial charge in [0.05, 0.1) is 23.5 Å². The molecule has 0 aliphatic heterocycles. The molecule has 30 heavy (non-hydrogen) atoms. The van der Waals surface area contributed by atoms with Gasteiger partial charge in [0.25, 0.3) is 5.91 Å². The van der Waals surface area contributed by atoms with Gasteiger partial charge < -0.3 is 10.1 Å². The van der Waals surface area contributed by atoms with E-state index in [0.29, 0.717) is 29.3 Å². The van der Waals surface area contributed by atoms with Gasteiger partial charge in [-0.25, -0.2) is 4.68 Å². The van der Waals surface area contributed by atoms with Crippen LogP contribution in [0.4, 0.5) is 5.69 Å². The zero-order chi connectivity index (χ0) is 20.9. The average Bonchev–Trinajstić information content (AvgIpc) is 3.22. The summed E-state index contributed by atoms with van der Waals surface area (Å²) in [6, 6.07) is 24.9. The molecule has 6 heteroatoms. The number of carbonyl (C=O) groups excluding carboxylic acids is 1. The maximum absolute atomic E-state index is 13.2. The number of benzene rings is 3. The van der Waals surface area contributed by atoms with Crippen LogP contribution in [0.15, 0.2) is 89.5 Å². The molecule has 0 radical (unpaired) electrons. The van der Waals surface area contributed by atoms with Crippen molar-refractivity contribution >= 4 is 27.5 Å². The third kappa shape index (κ3) is 4.28. The lowest BCUT2D eigenvalue weighted by molar-refractivity contribution is 0.102. The second-order valence-corrected chi connectivity index (χ2v) is 7.48. The molecule has 1 N–H and O–H groups in total. The van der Waals surface area contributed by atoms with Gasteiger partial charge in [-0.1, -0.05) is 58.4 Å². The van der Waals surface area contributed by atoms with Gasteiger partial charge >= 0.3 is 0 Å². The predicted octanol–water partition coefficient (Wildman–Crippen LogP) is 5.95. The largest absolute Gasteiger partial charge is 0.492 e. The van der Waals surface area contributed by atoms with Crippen molar-refractivity contribution < 1.29 is 9.53 Å². The molecule has 0 aliphatic rings. The van der Waals surface area contributed by atoms with E-state index in [2.05, 4.69) is 21.2 Å². The highest BCUT2D eigenvalue weighted by Crippen LogP contribution is 2.28. The van der Waals surface area contributed by atoms with Gasteiger partial charge in [-0.15, -0.1) is 0 Å². The van der Waals surface area contributed by atoms with Crippen LogP contribution in [0.3, 0.4) is 0 Å². The highest BCUT2D eigenvalue weighted by atomic mass is 79.9. The molecular formula is C24H20BrN3O2. The van der Waals surface area contributed by atoms with Crippen molar-refractivity contribution in [3.8, 4) is 22.7 Å². The van der Waals surface area contributed by atoms with E-state index in [1.165, 1.54) is 0 Å². The van der Waals surface area contributed by atoms with E-state index < -0.39 is 0 Å². The lowest BCUT2D eigenvalue weighted by Gasteiger charge is -2.11. The Kier molecular flexibility index (Phi) is 5.95. The fourth-order valence-corrected chi connectivity index (χ4v) is 3.38. The van der Waals surface area contributed by atoms with Crippen LogP contribution in [0, 0.1) is 0 Å². The van der Waals surface area contributed by atoms with Gasteiger partial charge in [-0.3, -0.25) is 4.79 Å². The zero-order valence-electron chi connectivity index (χ0n) is 16.4. The third-order valence-corrected chi connectivity index (χ3v) is 5.06. The molecule has 0 saturated carbocycles. The number of aromatic nitrogens is 2. The molecule has 150 valence electrons. The summed E-state index contributed by atoms with van der Waals surface area (Å²) in [5.41, 5.74) is 3.45. The molecule has 5 nitrogen and oxygen atoms in total. The number of para-hydroxylation sites is 3. The molecule has 0 aliphatic carbocycles. The summed E-state index contributed by atoms with van der Waals surface area (Å²) in [5, 5.41) is 7.68. The minimum absolute atomic E-state index is 0.248. The summed E-state index contributed by atoms with van der Waals surface area (Å²) in [6.45, 7) is 2.43. The fraction of sp³-hybridized carbons (Fsp3) is 0.0833. The summed E-state index contributed by atoms with van der Waals surface area (Å²) < 4.78 is 8.32. The average molecular weight is 462 g/mol. The maximum atomic E-state index is 13.2. The standard InChI is InChI=1S/C24H20BrN3O2/c1-2-30-22-11-7-6-10-21(22)26-24(29)20-16-28(19-8-4-3-5-9-19)27-23(20)17-12-14-18(25)15-13-17/h3-16H,2H2,1H3,(H,26,29). The molecule has 0 unspecified atom stereocenters. The number of nitrogens with one attached hydrogen (secondary N) is 1. The Hall–Kier alpha value is -3.38. The highest BCUT2D eigenvalue weighted by Gasteiger charge is 2.20. The Balaban J connectivity index is 1.75. The Bertz CT molecular complexity index is 1150. The van der Waals surface area contributed by atoms with E-state index in [1.54, 1.807) is 10.9 Å². The van der Waals surface area contributed by atoms with Crippen LogP contribution in [0.25, 0.3) is 16.9 Å². The molecule has 1 aromatic heterocycles. The van der Waals surface area contributed by atoms with Crippen molar-refractivity contribution in [2.24, 2.45) is 0 Å². The molecule has 0 atom stereocenters. The monoisotopic (exact) mass is 461 g/mol. The molecule has 4 rings (SSSR count). The molecular weight excluding hydrogens is 442 g/mol. The Labute approximate surface area is 183 Å². The summed E-state index contributed by atoms with van der Waals surface area (Å²) in [6.07, 6.45) is 1.76. The number of hydrogen-bond acceptors (Lipinski definition) is 3. The lowest BCUT2D eigenvalue weighted by atomic mass is 10.1. The Morgan fingerprint density at radius 1 is 1.00 bits per heavy atom. The van der Waals surface area contributed by atoms with E-state index in [9.17, 15) is 4.79 Å². The van der Waals surface area contributed by atoms with Crippen LogP contribution in [-0.4, -0.2) is 22.3 Å². The third-order valence-electron chi connectivity index (χ3n) is 4.53. The van der Waals surface area contributed by atoms with Gasteiger partial charge in [-0.05, 0) is 43.3 Å². The number of halogens is 1. The van der Waals surface area contributed by atoms with Crippen molar-refractivity contribution in [2.75, 3.05) is 11.9 Å². The van der Waals surface area contributed by atoms with Crippen molar-refractivity contribution in [3.05, 3.63) is 95.1 Å². The number of ether oxygens (including phenoxy) is 1. The van der Waals surface area contributed by atoms with Crippen LogP contribution in [0.1, 0.15) is 17.3 Å². The minimum Gasteiger partial charge on any atom is -0.492 e. The first-order chi connectivity index (χ1) is 14.7. The zero-order valence-corrected chi connectivity index (χ0v) is 18.0. The number of carbonyl (C=O) groups is 1. The molecule has 1 heterocycles. The van der Waals surface area contributed by atoms with Gasteiger partial charge in [0.2, 0.25) is 0 Å². The van der Waals surface area contributed by atoms with Crippen LogP contribution in [0.2, 0.25) is 0 Å². The molecule has 0 fully saturated rings. The molecule has 0 spiro atoms. The number of amides is 1. The second kappa shape index (κ2) is 8.97. The summed E-state index contributed by atoms with van der Waals surface area (Å²) >= 11 is 3.46. The van der Waals surface area contributed by atoms with Crippen molar-refractivity contribution in [3.63, 3.8) is 0 Å². The molecule has 4 aromatic rings. The predicted molar refractivity (Wildman–Crippen MR) is 122 cm³/mol. The van der Waals surface area contributed by atoms with E-state index in [0.717, 1.165) is 15.7 Å². The topological polar surface area (TPSA) is 56.1 Å². The quantitative estimate of drug-likeness (QED) is 0.385. The van der Waals surface area contributed by atoms with Gasteiger partial charge in [0, 0.05) is 16.2 Å². The Morgan fingerprint density at radius 2 is 1.70 bits per heavy atom. The van der Waals surface area contributed by atoms with E-state index in [-0.39, 0.29) is 5.91 Å². The summed E-state index contributed by atoms with van der Waals surface area (Å²) in [7, 11) is 0. The van der Waals surface area contributed by atoms with Crippen molar-refractivity contribution in [2.45, 2.75) is 6.92 Å². The van der Waals surface area contributed by atoms with Crippen molar-refractivity contribution in [1.82, 2.24) is 9.78 Å². The highest BCUT2D eigenvalue weighted by molar-refractivity contribution is 9.10. The molecule has 0 bridgehead atoms. The van der Waals surface area contributed by atoms with Gasteiger partial charge in [0.1, 0.15) is 11.4 Å². The molecule has 0 saturated heterocycles.